The van der Waals surface area contributed by atoms with E-state index < -0.39 is 20.2 Å². The molecule has 1 unspecified atom stereocenters. The Morgan fingerprint density at radius 3 is 1.92 bits per heavy atom. The summed E-state index contributed by atoms with van der Waals surface area (Å²) in [7, 11) is -1.15. The van der Waals surface area contributed by atoms with Crippen LogP contribution in [-0.4, -0.2) is 14.3 Å². The Morgan fingerprint density at radius 1 is 1.15 bits per heavy atom. The molecule has 0 aromatic rings. The Hall–Kier alpha value is 0.00688. The van der Waals surface area contributed by atoms with Crippen molar-refractivity contribution < 1.29 is 13.2 Å². The maximum Gasteiger partial charge on any atom is 0.391 e. The van der Waals surface area contributed by atoms with Crippen LogP contribution in [0.2, 0.25) is 25.7 Å². The van der Waals surface area contributed by atoms with Crippen molar-refractivity contribution in [2.75, 3.05) is 0 Å². The van der Waals surface area contributed by atoms with Crippen LogP contribution in [0, 0.1) is 5.92 Å². The predicted molar refractivity (Wildman–Crippen MR) is 52.6 cm³/mol. The highest BCUT2D eigenvalue weighted by Crippen LogP contribution is 2.30. The zero-order chi connectivity index (χ0) is 10.7. The molecule has 0 heterocycles. The van der Waals surface area contributed by atoms with Crippen LogP contribution in [0.15, 0.2) is 0 Å². The van der Waals surface area contributed by atoms with E-state index >= 15 is 0 Å². The maximum absolute atomic E-state index is 12.1. The van der Waals surface area contributed by atoms with Crippen molar-refractivity contribution in [2.45, 2.75) is 51.6 Å². The summed E-state index contributed by atoms with van der Waals surface area (Å²) in [5.41, 5.74) is 0. The smallest absolute Gasteiger partial charge is 0.171 e. The van der Waals surface area contributed by atoms with Crippen molar-refractivity contribution in [2.24, 2.45) is 5.92 Å². The lowest BCUT2D eigenvalue weighted by Crippen LogP contribution is -2.22. The third-order valence-corrected chi connectivity index (χ3v) is 3.98. The zero-order valence-electron chi connectivity index (χ0n) is 8.83. The lowest BCUT2D eigenvalue weighted by Gasteiger charge is -2.19. The fourth-order valence-electron chi connectivity index (χ4n) is 1.10. The molecule has 0 aromatic heterocycles. The van der Waals surface area contributed by atoms with Crippen LogP contribution >= 0.6 is 0 Å². The summed E-state index contributed by atoms with van der Waals surface area (Å²) < 4.78 is 36.2. The van der Waals surface area contributed by atoms with E-state index in [1.165, 1.54) is 6.92 Å². The quantitative estimate of drug-likeness (QED) is 0.609. The van der Waals surface area contributed by atoms with Gasteiger partial charge in [0, 0.05) is 8.07 Å². The normalized spacial score (nSPS) is 15.9. The van der Waals surface area contributed by atoms with E-state index in [2.05, 4.69) is 19.6 Å². The first-order valence-corrected chi connectivity index (χ1v) is 8.40. The standard InChI is InChI=1S/C9H19F3Si/c1-8(9(10,11)12)6-5-7-13(2,3)4/h8H,5-7H2,1-4H3. The Kier molecular flexibility index (Phi) is 4.49. The monoisotopic (exact) mass is 212 g/mol. The third-order valence-electron chi connectivity index (χ3n) is 2.12. The van der Waals surface area contributed by atoms with Gasteiger partial charge in [-0.2, -0.15) is 13.2 Å². The average molecular weight is 212 g/mol. The summed E-state index contributed by atoms with van der Waals surface area (Å²) in [5, 5.41) is 0. The molecule has 13 heavy (non-hydrogen) atoms. The maximum atomic E-state index is 12.1. The highest BCUT2D eigenvalue weighted by Gasteiger charge is 2.35. The molecule has 4 heteroatoms. The molecule has 0 N–H and O–H groups in total. The molecule has 0 saturated heterocycles. The number of rotatable bonds is 4. The molecule has 0 aliphatic heterocycles. The Labute approximate surface area is 79.5 Å². The van der Waals surface area contributed by atoms with Crippen LogP contribution < -0.4 is 0 Å². The van der Waals surface area contributed by atoms with Gasteiger partial charge >= 0.3 is 6.18 Å². The van der Waals surface area contributed by atoms with E-state index in [9.17, 15) is 13.2 Å². The summed E-state index contributed by atoms with van der Waals surface area (Å²) in [6, 6.07) is 0.993. The van der Waals surface area contributed by atoms with Crippen LogP contribution in [0.5, 0.6) is 0 Å². The minimum atomic E-state index is -4.00. The van der Waals surface area contributed by atoms with Crippen LogP contribution in [0.3, 0.4) is 0 Å². The molecule has 0 spiro atoms. The molecular formula is C9H19F3Si. The molecule has 1 atom stereocenters. The Balaban J connectivity index is 3.67. The fourth-order valence-corrected chi connectivity index (χ4v) is 2.37. The highest BCUT2D eigenvalue weighted by molar-refractivity contribution is 6.76. The number of hydrogen-bond acceptors (Lipinski definition) is 0. The highest BCUT2D eigenvalue weighted by atomic mass is 28.3. The topological polar surface area (TPSA) is 0 Å². The third kappa shape index (κ3) is 7.11. The number of halogens is 3. The Morgan fingerprint density at radius 2 is 1.62 bits per heavy atom. The van der Waals surface area contributed by atoms with Gasteiger partial charge in [0.05, 0.1) is 5.92 Å². The van der Waals surface area contributed by atoms with E-state index in [0.29, 0.717) is 0 Å². The molecule has 0 saturated carbocycles. The van der Waals surface area contributed by atoms with Crippen molar-refractivity contribution in [3.63, 3.8) is 0 Å². The van der Waals surface area contributed by atoms with Gasteiger partial charge in [-0.1, -0.05) is 39.0 Å². The largest absolute Gasteiger partial charge is 0.391 e. The summed E-state index contributed by atoms with van der Waals surface area (Å²) in [4.78, 5) is 0. The first kappa shape index (κ1) is 13.0. The zero-order valence-corrected chi connectivity index (χ0v) is 9.83. The minimum absolute atomic E-state index is 0.285. The lowest BCUT2D eigenvalue weighted by molar-refractivity contribution is -0.171. The molecule has 0 aromatic carbocycles. The fraction of sp³-hybridized carbons (Fsp3) is 1.00. The van der Waals surface area contributed by atoms with Gasteiger partial charge in [-0.15, -0.1) is 0 Å². The number of hydrogen-bond donors (Lipinski definition) is 0. The van der Waals surface area contributed by atoms with E-state index in [1.54, 1.807) is 0 Å². The summed E-state index contributed by atoms with van der Waals surface area (Å²) in [6.45, 7) is 7.83. The summed E-state index contributed by atoms with van der Waals surface area (Å²) in [6.07, 6.45) is -3.00. The van der Waals surface area contributed by atoms with Crippen LogP contribution in [0.1, 0.15) is 19.8 Å². The van der Waals surface area contributed by atoms with Crippen LogP contribution in [0.4, 0.5) is 13.2 Å². The van der Waals surface area contributed by atoms with Gasteiger partial charge in [0.15, 0.2) is 0 Å². The number of alkyl halides is 3. The predicted octanol–water partition coefficient (Wildman–Crippen LogP) is 4.30. The van der Waals surface area contributed by atoms with Gasteiger partial charge in [0.2, 0.25) is 0 Å². The van der Waals surface area contributed by atoms with E-state index in [4.69, 9.17) is 0 Å². The van der Waals surface area contributed by atoms with E-state index in [-0.39, 0.29) is 6.42 Å². The second-order valence-electron chi connectivity index (χ2n) is 4.90. The lowest BCUT2D eigenvalue weighted by atomic mass is 10.1. The molecule has 0 nitrogen and oxygen atoms in total. The molecule has 0 radical (unpaired) electrons. The SMILES string of the molecule is CC(CCC[Si](C)(C)C)C(F)(F)F. The van der Waals surface area contributed by atoms with Gasteiger partial charge in [0.25, 0.3) is 0 Å². The first-order valence-electron chi connectivity index (χ1n) is 4.69. The van der Waals surface area contributed by atoms with Crippen molar-refractivity contribution in [3.8, 4) is 0 Å². The van der Waals surface area contributed by atoms with Gasteiger partial charge in [-0.25, -0.2) is 0 Å². The molecule has 80 valence electrons. The molecule has 0 rings (SSSR count). The van der Waals surface area contributed by atoms with E-state index in [0.717, 1.165) is 12.5 Å². The van der Waals surface area contributed by atoms with Crippen molar-refractivity contribution in [1.82, 2.24) is 0 Å². The van der Waals surface area contributed by atoms with Gasteiger partial charge in [-0.05, 0) is 6.42 Å². The average Bonchev–Trinajstić information content (AvgIpc) is 1.82. The molecule has 0 aliphatic rings. The summed E-state index contributed by atoms with van der Waals surface area (Å²) >= 11 is 0. The van der Waals surface area contributed by atoms with Crippen LogP contribution in [0.25, 0.3) is 0 Å². The van der Waals surface area contributed by atoms with Gasteiger partial charge in [-0.3, -0.25) is 0 Å². The minimum Gasteiger partial charge on any atom is -0.171 e. The van der Waals surface area contributed by atoms with Gasteiger partial charge in [0.1, 0.15) is 0 Å². The Bertz CT molecular complexity index is 146. The first-order chi connectivity index (χ1) is 5.63. The van der Waals surface area contributed by atoms with Crippen molar-refractivity contribution in [1.29, 1.82) is 0 Å². The molecule has 0 fully saturated rings. The van der Waals surface area contributed by atoms with Crippen LogP contribution in [-0.2, 0) is 0 Å². The second-order valence-corrected chi connectivity index (χ2v) is 10.5. The van der Waals surface area contributed by atoms with Crippen molar-refractivity contribution >= 4 is 8.07 Å². The summed E-state index contributed by atoms with van der Waals surface area (Å²) in [5.74, 6) is -1.14. The molecule has 0 aliphatic carbocycles. The van der Waals surface area contributed by atoms with Gasteiger partial charge < -0.3 is 0 Å². The molecular weight excluding hydrogens is 193 g/mol. The molecule has 0 amide bonds. The molecule has 0 bridgehead atoms. The van der Waals surface area contributed by atoms with Crippen molar-refractivity contribution in [3.05, 3.63) is 0 Å². The van der Waals surface area contributed by atoms with E-state index in [1.807, 2.05) is 0 Å². The second kappa shape index (κ2) is 4.49.